The van der Waals surface area contributed by atoms with Crippen LogP contribution in [0.4, 0.5) is 4.39 Å². The normalized spacial score (nSPS) is 9.85. The molecule has 0 N–H and O–H groups in total. The van der Waals surface area contributed by atoms with Crippen LogP contribution in [0.5, 0.6) is 0 Å². The molecule has 2 aromatic rings. The van der Waals surface area contributed by atoms with Crippen molar-refractivity contribution in [3.05, 3.63) is 35.9 Å². The van der Waals surface area contributed by atoms with Crippen LogP contribution in [0.15, 0.2) is 24.4 Å². The van der Waals surface area contributed by atoms with Crippen LogP contribution in [0.1, 0.15) is 5.69 Å². The maximum atomic E-state index is 13.0. The van der Waals surface area contributed by atoms with E-state index in [9.17, 15) is 4.39 Å². The fraction of sp³-hybridized carbons (Fsp3) is 0. The van der Waals surface area contributed by atoms with Gasteiger partial charge in [0, 0.05) is 0 Å². The molecule has 0 saturated carbocycles. The van der Waals surface area contributed by atoms with E-state index in [2.05, 4.69) is 9.97 Å². The number of benzene rings is 1. The average molecular weight is 173 g/mol. The zero-order chi connectivity index (χ0) is 9.26. The van der Waals surface area contributed by atoms with E-state index in [0.717, 1.165) is 0 Å². The van der Waals surface area contributed by atoms with Gasteiger partial charge in [0.15, 0.2) is 11.5 Å². The molecule has 1 aromatic heterocycles. The van der Waals surface area contributed by atoms with Gasteiger partial charge in [0.05, 0.1) is 11.7 Å². The number of nitrogens with zero attached hydrogens (tertiary/aromatic N) is 3. The number of nitriles is 1. The maximum Gasteiger partial charge on any atom is 0.159 e. The molecule has 0 aliphatic rings. The van der Waals surface area contributed by atoms with Crippen LogP contribution in [0.3, 0.4) is 0 Å². The largest absolute Gasteiger partial charge is 0.248 e. The van der Waals surface area contributed by atoms with Crippen LogP contribution in [-0.4, -0.2) is 9.97 Å². The number of hydrogen-bond acceptors (Lipinski definition) is 3. The fourth-order valence-corrected chi connectivity index (χ4v) is 1.06. The molecule has 4 heteroatoms. The Morgan fingerprint density at radius 2 is 2.23 bits per heavy atom. The van der Waals surface area contributed by atoms with E-state index in [1.165, 1.54) is 18.3 Å². The summed E-state index contributed by atoms with van der Waals surface area (Å²) < 4.78 is 13.0. The molecule has 62 valence electrons. The minimum absolute atomic E-state index is 0.193. The van der Waals surface area contributed by atoms with Gasteiger partial charge in [-0.1, -0.05) is 6.07 Å². The molecule has 1 aromatic carbocycles. The monoisotopic (exact) mass is 173 g/mol. The van der Waals surface area contributed by atoms with Gasteiger partial charge in [-0.3, -0.25) is 0 Å². The van der Waals surface area contributed by atoms with Gasteiger partial charge in [-0.15, -0.1) is 0 Å². The van der Waals surface area contributed by atoms with Crippen LogP contribution < -0.4 is 0 Å². The van der Waals surface area contributed by atoms with E-state index in [1.54, 1.807) is 6.07 Å². The van der Waals surface area contributed by atoms with Gasteiger partial charge in [0.1, 0.15) is 11.6 Å². The molecule has 0 amide bonds. The molecular weight excluding hydrogens is 169 g/mol. The predicted octanol–water partition coefficient (Wildman–Crippen LogP) is 1.64. The van der Waals surface area contributed by atoms with E-state index >= 15 is 0 Å². The second-order valence-electron chi connectivity index (χ2n) is 2.47. The Morgan fingerprint density at radius 3 is 3.00 bits per heavy atom. The van der Waals surface area contributed by atoms with Crippen LogP contribution in [-0.2, 0) is 0 Å². The zero-order valence-electron chi connectivity index (χ0n) is 6.53. The van der Waals surface area contributed by atoms with Gasteiger partial charge >= 0.3 is 0 Å². The number of rotatable bonds is 0. The summed E-state index contributed by atoms with van der Waals surface area (Å²) in [7, 11) is 0. The number of para-hydroxylation sites is 1. The van der Waals surface area contributed by atoms with Crippen LogP contribution >= 0.6 is 0 Å². The quantitative estimate of drug-likeness (QED) is 0.608. The lowest BCUT2D eigenvalue weighted by atomic mass is 10.3. The highest BCUT2D eigenvalue weighted by atomic mass is 19.1. The Balaban J connectivity index is 2.82. The summed E-state index contributed by atoms with van der Waals surface area (Å²) in [5.41, 5.74) is 0.790. The number of halogens is 1. The van der Waals surface area contributed by atoms with Crippen molar-refractivity contribution >= 4 is 11.0 Å². The third-order valence-electron chi connectivity index (χ3n) is 1.64. The summed E-state index contributed by atoms with van der Waals surface area (Å²) in [6.45, 7) is 0. The number of hydrogen-bond donors (Lipinski definition) is 0. The van der Waals surface area contributed by atoms with Crippen LogP contribution in [0.2, 0.25) is 0 Å². The Bertz CT molecular complexity index is 502. The highest BCUT2D eigenvalue weighted by molar-refractivity contribution is 5.74. The van der Waals surface area contributed by atoms with Crippen molar-refractivity contribution in [2.24, 2.45) is 0 Å². The topological polar surface area (TPSA) is 49.6 Å². The third-order valence-corrected chi connectivity index (χ3v) is 1.64. The molecule has 13 heavy (non-hydrogen) atoms. The number of aromatic nitrogens is 2. The molecule has 0 aliphatic heterocycles. The van der Waals surface area contributed by atoms with Crippen LogP contribution in [0.25, 0.3) is 11.0 Å². The Kier molecular flexibility index (Phi) is 1.64. The molecular formula is C9H4FN3. The first kappa shape index (κ1) is 7.62. The van der Waals surface area contributed by atoms with Crippen molar-refractivity contribution in [2.75, 3.05) is 0 Å². The number of fused-ring (bicyclic) bond motifs is 1. The molecule has 0 unspecified atom stereocenters. The molecule has 0 bridgehead atoms. The van der Waals surface area contributed by atoms with Crippen molar-refractivity contribution in [3.63, 3.8) is 0 Å². The molecule has 0 spiro atoms. The first-order valence-electron chi connectivity index (χ1n) is 3.62. The highest BCUT2D eigenvalue weighted by Gasteiger charge is 2.02. The van der Waals surface area contributed by atoms with Crippen LogP contribution in [0, 0.1) is 17.1 Å². The lowest BCUT2D eigenvalue weighted by molar-refractivity contribution is 0.636. The molecule has 3 nitrogen and oxygen atoms in total. The zero-order valence-corrected chi connectivity index (χ0v) is 6.53. The molecule has 0 aliphatic carbocycles. The maximum absolute atomic E-state index is 13.0. The SMILES string of the molecule is N#Cc1cnc2c(F)cccc2n1. The van der Waals surface area contributed by atoms with Crippen molar-refractivity contribution < 1.29 is 4.39 Å². The summed E-state index contributed by atoms with van der Waals surface area (Å²) in [4.78, 5) is 7.68. The summed E-state index contributed by atoms with van der Waals surface area (Å²) >= 11 is 0. The van der Waals surface area contributed by atoms with Gasteiger partial charge in [-0.25, -0.2) is 14.4 Å². The average Bonchev–Trinajstić information content (AvgIpc) is 2.18. The molecule has 0 fully saturated rings. The third kappa shape index (κ3) is 1.20. The van der Waals surface area contributed by atoms with Gasteiger partial charge in [0.2, 0.25) is 0 Å². The minimum Gasteiger partial charge on any atom is -0.248 e. The lowest BCUT2D eigenvalue weighted by Crippen LogP contribution is -1.90. The predicted molar refractivity (Wildman–Crippen MR) is 44.2 cm³/mol. The summed E-state index contributed by atoms with van der Waals surface area (Å²) in [5, 5.41) is 8.52. The second-order valence-corrected chi connectivity index (χ2v) is 2.47. The van der Waals surface area contributed by atoms with Crippen molar-refractivity contribution in [1.29, 1.82) is 5.26 Å². The van der Waals surface area contributed by atoms with Gasteiger partial charge in [0.25, 0.3) is 0 Å². The molecule has 0 radical (unpaired) electrons. The van der Waals surface area contributed by atoms with E-state index in [1.807, 2.05) is 6.07 Å². The lowest BCUT2D eigenvalue weighted by Gasteiger charge is -1.96. The first-order chi connectivity index (χ1) is 6.31. The standard InChI is InChI=1S/C9H4FN3/c10-7-2-1-3-8-9(7)12-5-6(4-11)13-8/h1-3,5H. The highest BCUT2D eigenvalue weighted by Crippen LogP contribution is 2.12. The van der Waals surface area contributed by atoms with E-state index in [0.29, 0.717) is 5.52 Å². The van der Waals surface area contributed by atoms with Crippen molar-refractivity contribution in [2.45, 2.75) is 0 Å². The molecule has 1 heterocycles. The Morgan fingerprint density at radius 1 is 1.38 bits per heavy atom. The van der Waals surface area contributed by atoms with E-state index in [-0.39, 0.29) is 11.2 Å². The van der Waals surface area contributed by atoms with E-state index in [4.69, 9.17) is 5.26 Å². The van der Waals surface area contributed by atoms with Gasteiger partial charge in [-0.05, 0) is 12.1 Å². The van der Waals surface area contributed by atoms with Gasteiger partial charge in [-0.2, -0.15) is 5.26 Å². The summed E-state index contributed by atoms with van der Waals surface area (Å²) in [5.74, 6) is -0.422. The first-order valence-corrected chi connectivity index (χ1v) is 3.62. The fourth-order valence-electron chi connectivity index (χ4n) is 1.06. The smallest absolute Gasteiger partial charge is 0.159 e. The molecule has 2 rings (SSSR count). The molecule has 0 saturated heterocycles. The second kappa shape index (κ2) is 2.79. The van der Waals surface area contributed by atoms with Crippen molar-refractivity contribution in [3.8, 4) is 6.07 Å². The molecule has 0 atom stereocenters. The van der Waals surface area contributed by atoms with E-state index < -0.39 is 5.82 Å². The minimum atomic E-state index is -0.422. The Labute approximate surface area is 73.5 Å². The Hall–Kier alpha value is -2.02. The summed E-state index contributed by atoms with van der Waals surface area (Å²) in [6, 6.07) is 6.30. The summed E-state index contributed by atoms with van der Waals surface area (Å²) in [6.07, 6.45) is 1.26. The van der Waals surface area contributed by atoms with Crippen molar-refractivity contribution in [1.82, 2.24) is 9.97 Å². The van der Waals surface area contributed by atoms with Gasteiger partial charge < -0.3 is 0 Å².